The first-order valence-corrected chi connectivity index (χ1v) is 7.33. The quantitative estimate of drug-likeness (QED) is 0.629. The normalized spacial score (nSPS) is 9.65. The van der Waals surface area contributed by atoms with Gasteiger partial charge in [-0.1, -0.05) is 43.0 Å². The summed E-state index contributed by atoms with van der Waals surface area (Å²) in [5, 5.41) is 0.958. The Bertz CT molecular complexity index is 729. The fraction of sp³-hybridized carbons (Fsp3) is 0. The van der Waals surface area contributed by atoms with Crippen LogP contribution in [0.25, 0.3) is 12.2 Å². The van der Waals surface area contributed by atoms with Crippen molar-refractivity contribution in [2.45, 2.75) is 0 Å². The monoisotopic (exact) mass is 332 g/mol. The number of hydrogen-bond donors (Lipinski definition) is 0. The van der Waals surface area contributed by atoms with Crippen LogP contribution in [0.1, 0.15) is 11.1 Å². The third-order valence-electron chi connectivity index (χ3n) is 2.58. The molecule has 0 heterocycles. The molecule has 2 nitrogen and oxygen atoms in total. The summed E-state index contributed by atoms with van der Waals surface area (Å²) in [6, 6.07) is 11.9. The number of halogens is 2. The zero-order valence-electron chi connectivity index (χ0n) is 12.1. The zero-order chi connectivity index (χ0) is 17.1. The highest BCUT2D eigenvalue weighted by Gasteiger charge is 1.91. The molecule has 0 aliphatic carbocycles. The second-order valence-electron chi connectivity index (χ2n) is 4.26. The maximum absolute atomic E-state index is 12.5. The lowest BCUT2D eigenvalue weighted by atomic mass is 10.2. The predicted molar refractivity (Wildman–Crippen MR) is 91.1 cm³/mol. The molecule has 23 heavy (non-hydrogen) atoms. The Morgan fingerprint density at radius 3 is 1.83 bits per heavy atom. The van der Waals surface area contributed by atoms with Gasteiger partial charge < -0.3 is 0 Å². The number of benzene rings is 2. The maximum Gasteiger partial charge on any atom is 0.191 e. The van der Waals surface area contributed by atoms with Gasteiger partial charge in [-0.3, -0.25) is 4.79 Å². The third-order valence-corrected chi connectivity index (χ3v) is 2.91. The molecule has 0 aromatic heterocycles. The smallest absolute Gasteiger partial charge is 0.191 e. The van der Waals surface area contributed by atoms with Gasteiger partial charge in [0, 0.05) is 0 Å². The molecular formula is C18H14F2O2S. The van der Waals surface area contributed by atoms with Crippen LogP contribution in [0.3, 0.4) is 0 Å². The molecule has 0 N–H and O–H groups in total. The van der Waals surface area contributed by atoms with Gasteiger partial charge in [0.2, 0.25) is 0 Å². The van der Waals surface area contributed by atoms with Crippen LogP contribution in [0, 0.1) is 11.6 Å². The van der Waals surface area contributed by atoms with E-state index >= 15 is 0 Å². The second-order valence-corrected chi connectivity index (χ2v) is 4.69. The van der Waals surface area contributed by atoms with E-state index in [4.69, 9.17) is 0 Å². The molecule has 5 heteroatoms. The lowest BCUT2D eigenvalue weighted by molar-refractivity contribution is -0.108. The van der Waals surface area contributed by atoms with Gasteiger partial charge in [-0.15, -0.1) is 0 Å². The topological polar surface area (TPSA) is 34.1 Å². The molecular weight excluding hydrogens is 318 g/mol. The molecule has 0 spiro atoms. The van der Waals surface area contributed by atoms with E-state index < -0.39 is 0 Å². The van der Waals surface area contributed by atoms with Crippen LogP contribution >= 0.6 is 0 Å². The summed E-state index contributed by atoms with van der Waals surface area (Å²) < 4.78 is 34.6. The molecule has 0 radical (unpaired) electrons. The van der Waals surface area contributed by atoms with Crippen LogP contribution in [0.15, 0.2) is 61.2 Å². The van der Waals surface area contributed by atoms with Crippen LogP contribution in [-0.2, 0) is 16.1 Å². The van der Waals surface area contributed by atoms with Crippen LogP contribution in [-0.4, -0.2) is 15.4 Å². The van der Waals surface area contributed by atoms with E-state index in [2.05, 4.69) is 6.58 Å². The summed E-state index contributed by atoms with van der Waals surface area (Å²) in [4.78, 5) is 10.8. The molecule has 0 atom stereocenters. The van der Waals surface area contributed by atoms with Crippen molar-refractivity contribution in [3.63, 3.8) is 0 Å². The Hall–Kier alpha value is -2.66. The van der Waals surface area contributed by atoms with Gasteiger partial charge in [-0.2, -0.15) is 0 Å². The minimum Gasteiger partial charge on any atom is -0.289 e. The van der Waals surface area contributed by atoms with Crippen molar-refractivity contribution in [1.82, 2.24) is 0 Å². The fourth-order valence-electron chi connectivity index (χ4n) is 1.44. The summed E-state index contributed by atoms with van der Waals surface area (Å²) in [5.74, 6) is -0.898. The Balaban J connectivity index is 0.000000253. The summed E-state index contributed by atoms with van der Waals surface area (Å²) >= 11 is 0.112. The number of rotatable bonds is 4. The van der Waals surface area contributed by atoms with Gasteiger partial charge in [0.05, 0.1) is 16.6 Å². The van der Waals surface area contributed by atoms with E-state index in [1.807, 2.05) is 0 Å². The largest absolute Gasteiger partial charge is 0.289 e. The molecule has 0 bridgehead atoms. The number of allylic oxidation sites excluding steroid dienone is 1. The standard InChI is InChI=1S/C10H7FO2S.C8H7F/c11-9-4-1-8(2-5-9)3-6-10(12)7-14-13;1-2-7-3-5-8(9)6-4-7/h1-7H;2-6H,1H2. The van der Waals surface area contributed by atoms with Crippen molar-refractivity contribution in [3.8, 4) is 0 Å². The van der Waals surface area contributed by atoms with E-state index in [9.17, 15) is 17.8 Å². The highest BCUT2D eigenvalue weighted by Crippen LogP contribution is 2.04. The molecule has 2 rings (SSSR count). The van der Waals surface area contributed by atoms with E-state index in [1.165, 1.54) is 36.4 Å². The SMILES string of the molecule is C=Cc1ccc(F)cc1.O=S=CC(=O)C=Cc1ccc(F)cc1. The van der Waals surface area contributed by atoms with Gasteiger partial charge in [-0.05, 0) is 41.5 Å². The van der Waals surface area contributed by atoms with Crippen molar-refractivity contribution in [2.75, 3.05) is 0 Å². The minimum atomic E-state index is -0.366. The number of carbonyl (C=O) groups excluding carboxylic acids is 1. The predicted octanol–water partition coefficient (Wildman–Crippen LogP) is 3.89. The van der Waals surface area contributed by atoms with Gasteiger partial charge in [0.1, 0.15) is 11.6 Å². The highest BCUT2D eigenvalue weighted by atomic mass is 32.1. The second kappa shape index (κ2) is 10.1. The Labute approximate surface area is 136 Å². The van der Waals surface area contributed by atoms with Gasteiger partial charge >= 0.3 is 0 Å². The summed E-state index contributed by atoms with van der Waals surface area (Å²) in [5.41, 5.74) is 1.65. The van der Waals surface area contributed by atoms with E-state index in [-0.39, 0.29) is 28.7 Å². The van der Waals surface area contributed by atoms with Crippen molar-refractivity contribution >= 4 is 34.6 Å². The van der Waals surface area contributed by atoms with E-state index in [0.717, 1.165) is 10.9 Å². The molecule has 0 fully saturated rings. The molecule has 0 unspecified atom stereocenters. The molecule has 2 aromatic rings. The third kappa shape index (κ3) is 7.78. The molecule has 0 aliphatic rings. The molecule has 0 saturated heterocycles. The maximum atomic E-state index is 12.5. The molecule has 0 saturated carbocycles. The van der Waals surface area contributed by atoms with Gasteiger partial charge in [-0.25, -0.2) is 13.0 Å². The number of hydrogen-bond acceptors (Lipinski definition) is 2. The van der Waals surface area contributed by atoms with Gasteiger partial charge in [0.25, 0.3) is 0 Å². The highest BCUT2D eigenvalue weighted by molar-refractivity contribution is 7.66. The van der Waals surface area contributed by atoms with Crippen molar-refractivity contribution in [2.24, 2.45) is 0 Å². The van der Waals surface area contributed by atoms with Crippen LogP contribution in [0.2, 0.25) is 0 Å². The molecule has 2 aromatic carbocycles. The van der Waals surface area contributed by atoms with Crippen molar-refractivity contribution < 1.29 is 17.8 Å². The van der Waals surface area contributed by atoms with Crippen LogP contribution in [0.5, 0.6) is 0 Å². The van der Waals surface area contributed by atoms with Crippen LogP contribution in [0.4, 0.5) is 8.78 Å². The number of carbonyl (C=O) groups is 1. The average molecular weight is 332 g/mol. The Kier molecular flexibility index (Phi) is 8.10. The molecule has 0 amide bonds. The van der Waals surface area contributed by atoms with Crippen molar-refractivity contribution in [1.29, 1.82) is 0 Å². The van der Waals surface area contributed by atoms with Gasteiger partial charge in [0.15, 0.2) is 5.78 Å². The Morgan fingerprint density at radius 1 is 0.913 bits per heavy atom. The molecule has 118 valence electrons. The molecule has 0 aliphatic heterocycles. The van der Waals surface area contributed by atoms with E-state index in [1.54, 1.807) is 30.3 Å². The minimum absolute atomic E-state index is 0.112. The summed E-state index contributed by atoms with van der Waals surface area (Å²) in [7, 11) is 0. The van der Waals surface area contributed by atoms with Crippen molar-refractivity contribution in [3.05, 3.63) is 83.9 Å². The summed E-state index contributed by atoms with van der Waals surface area (Å²) in [6.07, 6.45) is 4.46. The first-order valence-electron chi connectivity index (χ1n) is 6.52. The lowest BCUT2D eigenvalue weighted by Crippen LogP contribution is -1.91. The summed E-state index contributed by atoms with van der Waals surface area (Å²) in [6.45, 7) is 3.54. The lowest BCUT2D eigenvalue weighted by Gasteiger charge is -1.90. The van der Waals surface area contributed by atoms with E-state index in [0.29, 0.717) is 5.56 Å². The fourth-order valence-corrected chi connectivity index (χ4v) is 1.61. The average Bonchev–Trinajstić information content (AvgIpc) is 2.56. The first kappa shape index (κ1) is 18.4. The van der Waals surface area contributed by atoms with Crippen LogP contribution < -0.4 is 0 Å². The first-order chi connectivity index (χ1) is 11.0. The number of ketones is 1. The zero-order valence-corrected chi connectivity index (χ0v) is 12.9. The Morgan fingerprint density at radius 2 is 1.39 bits per heavy atom.